The Morgan fingerprint density at radius 2 is 2.16 bits per heavy atom. The van der Waals surface area contributed by atoms with Crippen molar-refractivity contribution in [3.8, 4) is 0 Å². The van der Waals surface area contributed by atoms with Gasteiger partial charge in [-0.15, -0.1) is 0 Å². The first kappa shape index (κ1) is 16.3. The Balaban J connectivity index is 0.000000902. The molecular formula is C12H9N3O2VW-2. The molecule has 0 atom stereocenters. The van der Waals surface area contributed by atoms with Gasteiger partial charge < -0.3 is 24.1 Å². The van der Waals surface area contributed by atoms with E-state index in [0.29, 0.717) is 11.5 Å². The third-order valence-electron chi connectivity index (χ3n) is 3.04. The van der Waals surface area contributed by atoms with Crippen LogP contribution in [0.4, 0.5) is 0 Å². The topological polar surface area (TPSA) is 64.8 Å². The smallest absolute Gasteiger partial charge is 0.0700 e. The molecule has 3 heterocycles. The summed E-state index contributed by atoms with van der Waals surface area (Å²) in [5.41, 5.74) is 1.07. The van der Waals surface area contributed by atoms with E-state index in [1.54, 1.807) is 13.2 Å². The second-order valence-electron chi connectivity index (χ2n) is 4.09. The molecule has 0 N–H and O–H groups in total. The van der Waals surface area contributed by atoms with E-state index in [0.717, 1.165) is 25.1 Å². The quantitative estimate of drug-likeness (QED) is 0.573. The predicted molar refractivity (Wildman–Crippen MR) is 60.5 cm³/mol. The van der Waals surface area contributed by atoms with Crippen LogP contribution < -0.4 is 5.43 Å². The number of hydrogen-bond acceptors (Lipinski definition) is 4. The number of aromatic nitrogens is 3. The van der Waals surface area contributed by atoms with Gasteiger partial charge in [0.1, 0.15) is 0 Å². The normalized spacial score (nSPS) is 12.5. The van der Waals surface area contributed by atoms with Crippen LogP contribution in [0.5, 0.6) is 0 Å². The summed E-state index contributed by atoms with van der Waals surface area (Å²) in [7, 11) is 0. The van der Waals surface area contributed by atoms with Crippen molar-refractivity contribution < 1.29 is 44.4 Å². The Hall–Kier alpha value is -0.767. The Kier molecular flexibility index (Phi) is 5.25. The zero-order valence-electron chi connectivity index (χ0n) is 10.1. The fourth-order valence-corrected chi connectivity index (χ4v) is 2.30. The second kappa shape index (κ2) is 6.12. The number of fused-ring (bicyclic) bond motifs is 3. The van der Waals surface area contributed by atoms with Gasteiger partial charge in [0, 0.05) is 57.6 Å². The van der Waals surface area contributed by atoms with Crippen LogP contribution in [0.1, 0.15) is 23.5 Å². The number of carbonyl (C=O) groups excluding carboxylic acids is 1. The van der Waals surface area contributed by atoms with E-state index in [4.69, 9.17) is 0 Å². The van der Waals surface area contributed by atoms with E-state index in [2.05, 4.69) is 16.2 Å². The maximum absolute atomic E-state index is 12.0. The van der Waals surface area contributed by atoms with E-state index < -0.39 is 0 Å². The molecule has 0 saturated carbocycles. The van der Waals surface area contributed by atoms with Crippen LogP contribution in [0.25, 0.3) is 11.0 Å². The van der Waals surface area contributed by atoms with Gasteiger partial charge in [-0.1, -0.05) is 23.1 Å². The molecule has 2 aromatic rings. The minimum absolute atomic E-state index is 0. The van der Waals surface area contributed by atoms with E-state index >= 15 is 0 Å². The van der Waals surface area contributed by atoms with Gasteiger partial charge in [-0.3, -0.25) is 0 Å². The zero-order chi connectivity index (χ0) is 12.0. The Morgan fingerprint density at radius 1 is 1.42 bits per heavy atom. The Morgan fingerprint density at radius 3 is 2.84 bits per heavy atom. The minimum atomic E-state index is -0.358. The van der Waals surface area contributed by atoms with Crippen LogP contribution in [-0.2, 0) is 57.4 Å². The van der Waals surface area contributed by atoms with Gasteiger partial charge in [-0.05, 0) is 19.5 Å². The monoisotopic (exact) mass is 462 g/mol. The first-order valence-corrected chi connectivity index (χ1v) is 5.42. The van der Waals surface area contributed by atoms with Crippen LogP contribution in [0, 0.1) is 13.1 Å². The van der Waals surface area contributed by atoms with E-state index in [-0.39, 0.29) is 56.0 Å². The summed E-state index contributed by atoms with van der Waals surface area (Å²) in [5, 5.41) is 0.277. The molecule has 0 spiro atoms. The van der Waals surface area contributed by atoms with Crippen molar-refractivity contribution in [2.75, 3.05) is 0 Å². The van der Waals surface area contributed by atoms with Crippen molar-refractivity contribution in [3.63, 3.8) is 0 Å². The summed E-state index contributed by atoms with van der Waals surface area (Å²) in [5.74, 6) is 0.571. The molecule has 0 saturated heterocycles. The van der Waals surface area contributed by atoms with E-state index in [9.17, 15) is 9.59 Å². The van der Waals surface area contributed by atoms with E-state index in [1.807, 2.05) is 4.57 Å². The maximum Gasteiger partial charge on any atom is 0.0700 e. The molecule has 0 unspecified atom stereocenters. The SMILES string of the molecule is Cc1n[c-]c2c(=O)c([C-]=O)c3n(c2n1)CCC3.[V].[W]. The Labute approximate surface area is 136 Å². The molecule has 0 bridgehead atoms. The van der Waals surface area contributed by atoms with Crippen LogP contribution in [0.3, 0.4) is 0 Å². The number of nitrogens with zero attached hydrogens (tertiary/aromatic N) is 3. The van der Waals surface area contributed by atoms with Crippen molar-refractivity contribution in [2.24, 2.45) is 0 Å². The standard InChI is InChI=1S/C12H9N3O2.V.W/c1-7-13-5-8-11(17)9(6-16)10-3-2-4-15(10)12(8)14-7;;/h2-4H2,1H3;;/q-2;;. The fourth-order valence-electron chi connectivity index (χ4n) is 2.30. The third kappa shape index (κ3) is 2.47. The van der Waals surface area contributed by atoms with Crippen molar-refractivity contribution in [1.29, 1.82) is 0 Å². The van der Waals surface area contributed by atoms with Gasteiger partial charge in [0.05, 0.1) is 11.7 Å². The molecule has 0 fully saturated rings. The second-order valence-corrected chi connectivity index (χ2v) is 4.09. The van der Waals surface area contributed by atoms with Crippen molar-refractivity contribution in [1.82, 2.24) is 14.5 Å². The number of aryl methyl sites for hydroxylation is 2. The van der Waals surface area contributed by atoms with Gasteiger partial charge in [0.25, 0.3) is 0 Å². The summed E-state index contributed by atoms with van der Waals surface area (Å²) < 4.78 is 1.90. The molecule has 3 rings (SSSR count). The molecule has 1 radical (unpaired) electrons. The first-order chi connectivity index (χ1) is 8.22. The molecular weight excluding hydrogens is 453 g/mol. The third-order valence-corrected chi connectivity index (χ3v) is 3.04. The number of rotatable bonds is 1. The summed E-state index contributed by atoms with van der Waals surface area (Å²) in [6.45, 7) is 2.52. The summed E-state index contributed by atoms with van der Waals surface area (Å²) in [6, 6.07) is 0. The van der Waals surface area contributed by atoms with Crippen molar-refractivity contribution in [3.05, 3.63) is 33.5 Å². The molecule has 0 amide bonds. The van der Waals surface area contributed by atoms with Crippen LogP contribution in [0.15, 0.2) is 4.79 Å². The molecule has 1 aliphatic rings. The molecule has 19 heavy (non-hydrogen) atoms. The molecule has 0 aliphatic carbocycles. The first-order valence-electron chi connectivity index (χ1n) is 5.42. The average Bonchev–Trinajstić information content (AvgIpc) is 2.78. The van der Waals surface area contributed by atoms with Crippen LogP contribution >= 0.6 is 0 Å². The minimum Gasteiger partial charge on any atom is -0.423 e. The molecule has 0 aromatic carbocycles. The number of pyridine rings is 1. The summed E-state index contributed by atoms with van der Waals surface area (Å²) in [4.78, 5) is 31.1. The Bertz CT molecular complexity index is 699. The fraction of sp³-hybridized carbons (Fsp3) is 0.333. The van der Waals surface area contributed by atoms with Gasteiger partial charge in [0.15, 0.2) is 0 Å². The predicted octanol–water partition coefficient (Wildman–Crippen LogP) is 0.299. The number of hydrogen-bond donors (Lipinski definition) is 0. The van der Waals surface area contributed by atoms with Crippen molar-refractivity contribution in [2.45, 2.75) is 26.3 Å². The van der Waals surface area contributed by atoms with Gasteiger partial charge in [0.2, 0.25) is 0 Å². The van der Waals surface area contributed by atoms with Gasteiger partial charge in [-0.2, -0.15) is 0 Å². The van der Waals surface area contributed by atoms with Crippen molar-refractivity contribution >= 4 is 17.3 Å². The van der Waals surface area contributed by atoms with Gasteiger partial charge >= 0.3 is 0 Å². The van der Waals surface area contributed by atoms with E-state index in [1.165, 1.54) is 0 Å². The summed E-state index contributed by atoms with van der Waals surface area (Å²) >= 11 is 0. The summed E-state index contributed by atoms with van der Waals surface area (Å²) in [6.07, 6.45) is 6.04. The largest absolute Gasteiger partial charge is 0.423 e. The molecule has 1 aliphatic heterocycles. The maximum atomic E-state index is 12.0. The van der Waals surface area contributed by atoms with Gasteiger partial charge in [-0.25, -0.2) is 0 Å². The van der Waals surface area contributed by atoms with Crippen LogP contribution in [-0.4, -0.2) is 20.8 Å². The zero-order valence-corrected chi connectivity index (χ0v) is 14.5. The average molecular weight is 462 g/mol. The molecule has 7 heteroatoms. The molecule has 5 nitrogen and oxygen atoms in total. The van der Waals surface area contributed by atoms with Crippen LogP contribution in [0.2, 0.25) is 0 Å². The molecule has 2 aromatic heterocycles. The molecule has 97 valence electrons.